The van der Waals surface area contributed by atoms with Gasteiger partial charge < -0.3 is 20.3 Å². The maximum absolute atomic E-state index is 12.3. The highest BCUT2D eigenvalue weighted by atomic mass is 32.1. The van der Waals surface area contributed by atoms with E-state index in [0.717, 1.165) is 36.9 Å². The fraction of sp³-hybridized carbons (Fsp3) is 0.409. The Hall–Kier alpha value is -2.95. The minimum atomic E-state index is -0.537. The second-order valence-electron chi connectivity index (χ2n) is 7.50. The van der Waals surface area contributed by atoms with Crippen LogP contribution >= 0.6 is 11.3 Å². The molecule has 0 radical (unpaired) electrons. The first-order valence-electron chi connectivity index (χ1n) is 10.5. The molecule has 32 heavy (non-hydrogen) atoms. The van der Waals surface area contributed by atoms with Gasteiger partial charge in [-0.15, -0.1) is 11.3 Å². The quantitative estimate of drug-likeness (QED) is 0.526. The Labute approximate surface area is 191 Å². The van der Waals surface area contributed by atoms with E-state index in [1.54, 1.807) is 23.3 Å². The molecule has 3 N–H and O–H groups in total. The Morgan fingerprint density at radius 3 is 2.47 bits per heavy atom. The first kappa shape index (κ1) is 23.7. The van der Waals surface area contributed by atoms with Gasteiger partial charge in [0, 0.05) is 35.9 Å². The number of rotatable bonds is 9. The molecule has 0 aliphatic carbocycles. The molecular weight excluding hydrogens is 430 g/mol. The lowest BCUT2D eigenvalue weighted by atomic mass is 10.2. The number of imide groups is 1. The van der Waals surface area contributed by atoms with Crippen LogP contribution < -0.4 is 20.9 Å². The second kappa shape index (κ2) is 12.2. The third-order valence-corrected chi connectivity index (χ3v) is 5.78. The Bertz CT molecular complexity index is 882. The molecule has 9 nitrogen and oxygen atoms in total. The third kappa shape index (κ3) is 7.95. The highest BCUT2D eigenvalue weighted by Gasteiger charge is 2.14. The molecule has 1 aromatic heterocycles. The van der Waals surface area contributed by atoms with Gasteiger partial charge in [-0.25, -0.2) is 4.79 Å². The summed E-state index contributed by atoms with van der Waals surface area (Å²) in [5.41, 5.74) is 1.78. The van der Waals surface area contributed by atoms with Crippen LogP contribution in [-0.2, 0) is 20.7 Å². The maximum Gasteiger partial charge on any atom is 0.321 e. The van der Waals surface area contributed by atoms with Crippen LogP contribution in [0.3, 0.4) is 0 Å². The number of hydrogen-bond donors (Lipinski definition) is 3. The predicted molar refractivity (Wildman–Crippen MR) is 125 cm³/mol. The summed E-state index contributed by atoms with van der Waals surface area (Å²) in [6.45, 7) is 3.55. The Kier molecular flexibility index (Phi) is 9.02. The van der Waals surface area contributed by atoms with Crippen LogP contribution in [0.5, 0.6) is 0 Å². The van der Waals surface area contributed by atoms with Crippen LogP contribution in [-0.4, -0.2) is 75.7 Å². The number of benzene rings is 1. The minimum Gasteiger partial charge on any atom is -0.378 e. The summed E-state index contributed by atoms with van der Waals surface area (Å²) in [6.07, 6.45) is 0.715. The lowest BCUT2D eigenvalue weighted by Gasteiger charge is -2.28. The van der Waals surface area contributed by atoms with Crippen LogP contribution in [0.4, 0.5) is 16.2 Å². The summed E-state index contributed by atoms with van der Waals surface area (Å²) in [7, 11) is 1.65. The normalized spacial score (nSPS) is 13.6. The van der Waals surface area contributed by atoms with Gasteiger partial charge in [0.05, 0.1) is 26.3 Å². The van der Waals surface area contributed by atoms with E-state index in [1.807, 2.05) is 41.8 Å². The SMILES string of the molecule is CN(CC(=O)NC(=O)NCCc1cccs1)CC(=O)Nc1ccc(N2CCOCC2)cc1. The van der Waals surface area contributed by atoms with Gasteiger partial charge >= 0.3 is 6.03 Å². The van der Waals surface area contributed by atoms with E-state index in [-0.39, 0.29) is 19.0 Å². The summed E-state index contributed by atoms with van der Waals surface area (Å²) in [4.78, 5) is 41.1. The van der Waals surface area contributed by atoms with Crippen LogP contribution in [0.15, 0.2) is 41.8 Å². The average molecular weight is 460 g/mol. The second-order valence-corrected chi connectivity index (χ2v) is 8.53. The smallest absolute Gasteiger partial charge is 0.321 e. The van der Waals surface area contributed by atoms with Crippen molar-refractivity contribution in [3.63, 3.8) is 0 Å². The zero-order valence-corrected chi connectivity index (χ0v) is 19.0. The molecule has 0 spiro atoms. The van der Waals surface area contributed by atoms with Gasteiger partial charge in [0.25, 0.3) is 0 Å². The molecule has 1 fully saturated rings. The molecule has 3 rings (SSSR count). The fourth-order valence-electron chi connectivity index (χ4n) is 3.29. The van der Waals surface area contributed by atoms with Gasteiger partial charge in [-0.3, -0.25) is 19.8 Å². The molecule has 0 bridgehead atoms. The summed E-state index contributed by atoms with van der Waals surface area (Å²) < 4.78 is 5.36. The Balaban J connectivity index is 1.33. The Morgan fingerprint density at radius 1 is 1.06 bits per heavy atom. The maximum atomic E-state index is 12.3. The number of carbonyl (C=O) groups excluding carboxylic acids is 3. The number of anilines is 2. The van der Waals surface area contributed by atoms with Gasteiger partial charge in [-0.1, -0.05) is 6.07 Å². The van der Waals surface area contributed by atoms with Crippen molar-refractivity contribution in [2.45, 2.75) is 6.42 Å². The van der Waals surface area contributed by atoms with Crippen molar-refractivity contribution >= 4 is 40.6 Å². The molecular formula is C22H29N5O4S. The van der Waals surface area contributed by atoms with Crippen molar-refractivity contribution in [1.82, 2.24) is 15.5 Å². The van der Waals surface area contributed by atoms with Crippen molar-refractivity contribution in [1.29, 1.82) is 0 Å². The van der Waals surface area contributed by atoms with Crippen LogP contribution in [0.2, 0.25) is 0 Å². The molecule has 2 heterocycles. The van der Waals surface area contributed by atoms with E-state index in [9.17, 15) is 14.4 Å². The number of nitrogens with zero attached hydrogens (tertiary/aromatic N) is 2. The monoisotopic (exact) mass is 459 g/mol. The number of nitrogens with one attached hydrogen (secondary N) is 3. The molecule has 1 aliphatic heterocycles. The summed E-state index contributed by atoms with van der Waals surface area (Å²) in [5.74, 6) is -0.705. The van der Waals surface area contributed by atoms with Gasteiger partial charge in [0.15, 0.2) is 0 Å². The van der Waals surface area contributed by atoms with E-state index in [0.29, 0.717) is 18.7 Å². The van der Waals surface area contributed by atoms with Crippen molar-refractivity contribution < 1.29 is 19.1 Å². The van der Waals surface area contributed by atoms with Crippen LogP contribution in [0.1, 0.15) is 4.88 Å². The summed E-state index contributed by atoms with van der Waals surface area (Å²) in [6, 6.07) is 11.1. The van der Waals surface area contributed by atoms with E-state index >= 15 is 0 Å². The number of hydrogen-bond acceptors (Lipinski definition) is 7. The van der Waals surface area contributed by atoms with Crippen molar-refractivity contribution in [2.75, 3.05) is 63.2 Å². The summed E-state index contributed by atoms with van der Waals surface area (Å²) >= 11 is 1.62. The third-order valence-electron chi connectivity index (χ3n) is 4.84. The van der Waals surface area contributed by atoms with Gasteiger partial charge in [0.2, 0.25) is 11.8 Å². The number of urea groups is 1. The van der Waals surface area contributed by atoms with Crippen LogP contribution in [0.25, 0.3) is 0 Å². The lowest BCUT2D eigenvalue weighted by molar-refractivity contribution is -0.122. The standard InChI is InChI=1S/C22H29N5O4S/c1-26(16-21(29)25-22(30)23-9-8-19-3-2-14-32-19)15-20(28)24-17-4-6-18(7-5-17)27-10-12-31-13-11-27/h2-7,14H,8-13,15-16H2,1H3,(H,24,28)(H2,23,25,29,30). The molecule has 10 heteroatoms. The van der Waals surface area contributed by atoms with E-state index in [2.05, 4.69) is 20.9 Å². The zero-order chi connectivity index (χ0) is 22.8. The largest absolute Gasteiger partial charge is 0.378 e. The Morgan fingerprint density at radius 2 is 1.78 bits per heavy atom. The highest BCUT2D eigenvalue weighted by Crippen LogP contribution is 2.19. The topological polar surface area (TPSA) is 103 Å². The molecule has 4 amide bonds. The molecule has 1 saturated heterocycles. The number of morpholine rings is 1. The van der Waals surface area contributed by atoms with Crippen molar-refractivity contribution in [3.05, 3.63) is 46.7 Å². The van der Waals surface area contributed by atoms with E-state index in [4.69, 9.17) is 4.74 Å². The number of amides is 4. The molecule has 172 valence electrons. The number of ether oxygens (including phenoxy) is 1. The lowest BCUT2D eigenvalue weighted by Crippen LogP contribution is -2.45. The highest BCUT2D eigenvalue weighted by molar-refractivity contribution is 7.09. The van der Waals surface area contributed by atoms with Crippen molar-refractivity contribution in [2.24, 2.45) is 0 Å². The van der Waals surface area contributed by atoms with E-state index in [1.165, 1.54) is 0 Å². The van der Waals surface area contributed by atoms with E-state index < -0.39 is 11.9 Å². The molecule has 1 aliphatic rings. The molecule has 1 aromatic carbocycles. The number of thiophene rings is 1. The first-order chi connectivity index (χ1) is 15.5. The minimum absolute atomic E-state index is 0.0264. The van der Waals surface area contributed by atoms with Gasteiger partial charge in [0.1, 0.15) is 0 Å². The molecule has 0 saturated carbocycles. The van der Waals surface area contributed by atoms with Crippen molar-refractivity contribution in [3.8, 4) is 0 Å². The molecule has 0 unspecified atom stereocenters. The molecule has 0 atom stereocenters. The van der Waals surface area contributed by atoms with Gasteiger partial charge in [-0.05, 0) is 49.2 Å². The van der Waals surface area contributed by atoms with Gasteiger partial charge in [-0.2, -0.15) is 0 Å². The first-order valence-corrected chi connectivity index (χ1v) is 11.4. The summed E-state index contributed by atoms with van der Waals surface area (Å²) in [5, 5.41) is 9.74. The molecule has 2 aromatic rings. The average Bonchev–Trinajstić information content (AvgIpc) is 3.28. The zero-order valence-electron chi connectivity index (χ0n) is 18.1. The predicted octanol–water partition coefficient (Wildman–Crippen LogP) is 1.52. The number of carbonyl (C=O) groups is 3. The fourth-order valence-corrected chi connectivity index (χ4v) is 4.00. The number of likely N-dealkylation sites (N-methyl/N-ethyl adjacent to an activating group) is 1. The van der Waals surface area contributed by atoms with Crippen LogP contribution in [0, 0.1) is 0 Å².